The predicted molar refractivity (Wildman–Crippen MR) is 244 cm³/mol. The first-order valence-corrected chi connectivity index (χ1v) is 20.6. The number of fused-ring (bicyclic) bond motifs is 5. The molecule has 1 aliphatic heterocycles. The van der Waals surface area contributed by atoms with Crippen LogP contribution in [0.5, 0.6) is 0 Å². The molecule has 3 heterocycles. The fraction of sp³-hybridized carbons (Fsp3) is 0.0727. The third-order valence-electron chi connectivity index (χ3n) is 12.0. The van der Waals surface area contributed by atoms with Crippen molar-refractivity contribution in [3.05, 3.63) is 228 Å². The van der Waals surface area contributed by atoms with Gasteiger partial charge in [0.05, 0.1) is 16.8 Å². The molecular formula is C55H40N4O. The highest BCUT2D eigenvalue weighted by Gasteiger charge is 2.48. The second kappa shape index (κ2) is 14.3. The van der Waals surface area contributed by atoms with Gasteiger partial charge >= 0.3 is 0 Å². The number of hydrogen-bond donors (Lipinski definition) is 0. The van der Waals surface area contributed by atoms with Crippen LogP contribution in [0, 0.1) is 0 Å². The maximum Gasteiger partial charge on any atom is 0.164 e. The van der Waals surface area contributed by atoms with Crippen LogP contribution in [-0.2, 0) is 5.41 Å². The molecule has 8 aromatic carbocycles. The topological polar surface area (TPSA) is 55.1 Å². The molecule has 286 valence electrons. The lowest BCUT2D eigenvalue weighted by atomic mass is 9.62. The maximum atomic E-state index is 6.89. The van der Waals surface area contributed by atoms with E-state index in [2.05, 4.69) is 152 Å². The van der Waals surface area contributed by atoms with Gasteiger partial charge in [0, 0.05) is 38.7 Å². The summed E-state index contributed by atoms with van der Waals surface area (Å²) in [6, 6.07) is 70.8. The van der Waals surface area contributed by atoms with Crippen molar-refractivity contribution in [3.63, 3.8) is 0 Å². The van der Waals surface area contributed by atoms with Crippen molar-refractivity contribution in [2.75, 3.05) is 4.90 Å². The Labute approximate surface area is 349 Å². The molecule has 5 nitrogen and oxygen atoms in total. The standard InChI is InChI=1S/C55H40N4O/c1-36(2)37-28-32-41(33-29-37)55(47-24-15-21-44-43-20-9-14-27-50(43)60-51(44)47)45-22-10-12-25-48(45)59(49-26-13-11-23-46(49)55)42-34-30-40(31-35-42)54-57-52(38-16-5-3-6-17-38)56-53(58-54)39-18-7-4-8-19-39/h3-36H,1-2H3. The van der Waals surface area contributed by atoms with Crippen LogP contribution in [0.25, 0.3) is 56.1 Å². The summed E-state index contributed by atoms with van der Waals surface area (Å²) in [6.45, 7) is 4.50. The summed E-state index contributed by atoms with van der Waals surface area (Å²) in [5, 5.41) is 2.22. The van der Waals surface area contributed by atoms with Crippen LogP contribution in [-0.4, -0.2) is 15.0 Å². The average Bonchev–Trinajstić information content (AvgIpc) is 3.71. The van der Waals surface area contributed by atoms with E-state index in [-0.39, 0.29) is 0 Å². The molecule has 60 heavy (non-hydrogen) atoms. The highest BCUT2D eigenvalue weighted by molar-refractivity contribution is 6.07. The first-order chi connectivity index (χ1) is 29.6. The third-order valence-corrected chi connectivity index (χ3v) is 12.0. The van der Waals surface area contributed by atoms with Gasteiger partial charge in [-0.2, -0.15) is 0 Å². The minimum absolute atomic E-state index is 0.408. The molecule has 0 unspecified atom stereocenters. The van der Waals surface area contributed by atoms with E-state index in [4.69, 9.17) is 19.4 Å². The number of aromatic nitrogens is 3. The smallest absolute Gasteiger partial charge is 0.164 e. The third kappa shape index (κ3) is 5.65. The van der Waals surface area contributed by atoms with Crippen LogP contribution >= 0.6 is 0 Å². The van der Waals surface area contributed by atoms with Crippen LogP contribution in [0.4, 0.5) is 17.1 Å². The van der Waals surface area contributed by atoms with Crippen molar-refractivity contribution < 1.29 is 4.42 Å². The Hall–Kier alpha value is -7.63. The molecule has 2 aromatic heterocycles. The molecule has 0 spiro atoms. The molecule has 0 saturated carbocycles. The molecule has 0 amide bonds. The van der Waals surface area contributed by atoms with Gasteiger partial charge < -0.3 is 9.32 Å². The van der Waals surface area contributed by atoms with Crippen molar-refractivity contribution in [1.29, 1.82) is 0 Å². The van der Waals surface area contributed by atoms with Crippen LogP contribution < -0.4 is 4.90 Å². The summed E-state index contributed by atoms with van der Waals surface area (Å²) >= 11 is 0. The van der Waals surface area contributed by atoms with Gasteiger partial charge in [-0.25, -0.2) is 15.0 Å². The second-order valence-corrected chi connectivity index (χ2v) is 15.8. The Morgan fingerprint density at radius 3 is 1.50 bits per heavy atom. The number of nitrogens with zero attached hydrogens (tertiary/aromatic N) is 4. The number of hydrogen-bond acceptors (Lipinski definition) is 5. The van der Waals surface area contributed by atoms with Gasteiger partial charge in [0.2, 0.25) is 0 Å². The van der Waals surface area contributed by atoms with E-state index in [1.165, 1.54) is 22.3 Å². The molecule has 0 radical (unpaired) electrons. The first-order valence-electron chi connectivity index (χ1n) is 20.6. The van der Waals surface area contributed by atoms with Gasteiger partial charge in [-0.1, -0.05) is 172 Å². The van der Waals surface area contributed by atoms with Crippen LogP contribution in [0.1, 0.15) is 47.6 Å². The molecular weight excluding hydrogens is 733 g/mol. The van der Waals surface area contributed by atoms with Crippen molar-refractivity contribution in [1.82, 2.24) is 15.0 Å². The van der Waals surface area contributed by atoms with E-state index in [1.807, 2.05) is 66.7 Å². The highest BCUT2D eigenvalue weighted by Crippen LogP contribution is 2.59. The lowest BCUT2D eigenvalue weighted by Gasteiger charge is -2.46. The number of benzene rings is 8. The van der Waals surface area contributed by atoms with Gasteiger partial charge in [-0.15, -0.1) is 0 Å². The van der Waals surface area contributed by atoms with Crippen molar-refractivity contribution in [2.24, 2.45) is 0 Å². The molecule has 0 aliphatic carbocycles. The minimum atomic E-state index is -0.709. The van der Waals surface area contributed by atoms with Gasteiger partial charge in [-0.3, -0.25) is 0 Å². The molecule has 10 aromatic rings. The van der Waals surface area contributed by atoms with E-state index >= 15 is 0 Å². The summed E-state index contributed by atoms with van der Waals surface area (Å²) in [5.41, 5.74) is 13.1. The maximum absolute atomic E-state index is 6.89. The Bertz CT molecular complexity index is 3070. The lowest BCUT2D eigenvalue weighted by Crippen LogP contribution is -2.37. The summed E-state index contributed by atoms with van der Waals surface area (Å²) in [6.07, 6.45) is 0. The second-order valence-electron chi connectivity index (χ2n) is 15.8. The highest BCUT2D eigenvalue weighted by atomic mass is 16.3. The number of furan rings is 1. The van der Waals surface area contributed by atoms with E-state index in [1.54, 1.807) is 0 Å². The summed E-state index contributed by atoms with van der Waals surface area (Å²) in [7, 11) is 0. The van der Waals surface area contributed by atoms with E-state index in [0.29, 0.717) is 23.4 Å². The Balaban J connectivity index is 1.11. The summed E-state index contributed by atoms with van der Waals surface area (Å²) < 4.78 is 6.89. The Kier molecular flexibility index (Phi) is 8.48. The monoisotopic (exact) mass is 772 g/mol. The average molecular weight is 773 g/mol. The van der Waals surface area contributed by atoms with Crippen molar-refractivity contribution >= 4 is 39.0 Å². The zero-order valence-electron chi connectivity index (χ0n) is 33.3. The van der Waals surface area contributed by atoms with Crippen molar-refractivity contribution in [3.8, 4) is 34.2 Å². The van der Waals surface area contributed by atoms with Gasteiger partial charge in [0.25, 0.3) is 0 Å². The van der Waals surface area contributed by atoms with Gasteiger partial charge in [-0.05, 0) is 70.6 Å². The summed E-state index contributed by atoms with van der Waals surface area (Å²) in [5.74, 6) is 2.31. The van der Waals surface area contributed by atoms with E-state index < -0.39 is 5.41 Å². The van der Waals surface area contributed by atoms with Crippen molar-refractivity contribution in [2.45, 2.75) is 25.2 Å². The number of anilines is 3. The SMILES string of the molecule is CC(C)c1ccc(C2(c3cccc4c3oc3ccccc34)c3ccccc3N(c3ccc(-c4nc(-c5ccccc5)nc(-c5ccccc5)n4)cc3)c3ccccc32)cc1. The molecule has 0 bridgehead atoms. The Morgan fingerprint density at radius 2 is 0.917 bits per heavy atom. The first kappa shape index (κ1) is 35.5. The fourth-order valence-electron chi connectivity index (χ4n) is 9.14. The van der Waals surface area contributed by atoms with E-state index in [9.17, 15) is 0 Å². The lowest BCUT2D eigenvalue weighted by molar-refractivity contribution is 0.643. The van der Waals surface area contributed by atoms with Crippen LogP contribution in [0.2, 0.25) is 0 Å². The summed E-state index contributed by atoms with van der Waals surface area (Å²) in [4.78, 5) is 17.3. The Morgan fingerprint density at radius 1 is 0.433 bits per heavy atom. The van der Waals surface area contributed by atoms with E-state index in [0.717, 1.165) is 61.3 Å². The zero-order valence-corrected chi connectivity index (χ0v) is 33.3. The molecule has 0 N–H and O–H groups in total. The molecule has 11 rings (SSSR count). The number of rotatable bonds is 7. The molecule has 0 atom stereocenters. The minimum Gasteiger partial charge on any atom is -0.456 e. The largest absolute Gasteiger partial charge is 0.456 e. The molecule has 1 aliphatic rings. The molecule has 0 fully saturated rings. The normalized spacial score (nSPS) is 13.1. The van der Waals surface area contributed by atoms with Gasteiger partial charge in [0.1, 0.15) is 11.2 Å². The predicted octanol–water partition coefficient (Wildman–Crippen LogP) is 14.1. The number of para-hydroxylation sites is 4. The molecule has 5 heteroatoms. The van der Waals surface area contributed by atoms with Gasteiger partial charge in [0.15, 0.2) is 17.5 Å². The zero-order chi connectivity index (χ0) is 40.2. The van der Waals surface area contributed by atoms with Crippen LogP contribution in [0.3, 0.4) is 0 Å². The quantitative estimate of drug-likeness (QED) is 0.161. The molecule has 0 saturated heterocycles. The fourth-order valence-corrected chi connectivity index (χ4v) is 9.14. The van der Waals surface area contributed by atoms with Crippen LogP contribution in [0.15, 0.2) is 205 Å².